The Morgan fingerprint density at radius 1 is 1.07 bits per heavy atom. The summed E-state index contributed by atoms with van der Waals surface area (Å²) in [4.78, 5) is 21.5. The van der Waals surface area contributed by atoms with Gasteiger partial charge in [-0.2, -0.15) is 0 Å². The van der Waals surface area contributed by atoms with Gasteiger partial charge in [0.05, 0.1) is 9.72 Å². The number of thiazole rings is 1. The standard InChI is InChI=1S/C22H25ClN4OS/c23-18-7-4-8-19-21(18)25-22(29-19)27-15-13-26(14-16-27)12-11-24-20(28)10-9-17-5-2-1-3-6-17/h1-8H,9-16H2,(H,24,28). The van der Waals surface area contributed by atoms with Gasteiger partial charge in [-0.15, -0.1) is 0 Å². The van der Waals surface area contributed by atoms with E-state index in [0.29, 0.717) is 18.0 Å². The van der Waals surface area contributed by atoms with E-state index in [1.807, 2.05) is 30.3 Å². The zero-order chi connectivity index (χ0) is 20.1. The summed E-state index contributed by atoms with van der Waals surface area (Å²) in [5.74, 6) is 0.124. The van der Waals surface area contributed by atoms with E-state index in [4.69, 9.17) is 16.6 Å². The summed E-state index contributed by atoms with van der Waals surface area (Å²) in [7, 11) is 0. The van der Waals surface area contributed by atoms with Crippen molar-refractivity contribution >= 4 is 44.2 Å². The molecule has 29 heavy (non-hydrogen) atoms. The molecule has 4 rings (SSSR count). The molecule has 0 spiro atoms. The molecular formula is C22H25ClN4OS. The average Bonchev–Trinajstić information content (AvgIpc) is 3.19. The van der Waals surface area contributed by atoms with Crippen LogP contribution in [-0.2, 0) is 11.2 Å². The monoisotopic (exact) mass is 428 g/mol. The Bertz CT molecular complexity index is 954. The van der Waals surface area contributed by atoms with E-state index in [0.717, 1.165) is 54.5 Å². The van der Waals surface area contributed by atoms with Crippen LogP contribution in [-0.4, -0.2) is 55.1 Å². The number of carbonyl (C=O) groups excluding carboxylic acids is 1. The molecule has 1 fully saturated rings. The summed E-state index contributed by atoms with van der Waals surface area (Å²) in [6.45, 7) is 5.42. The summed E-state index contributed by atoms with van der Waals surface area (Å²) in [6, 6.07) is 16.1. The number of hydrogen-bond donors (Lipinski definition) is 1. The minimum absolute atomic E-state index is 0.124. The van der Waals surface area contributed by atoms with Crippen LogP contribution in [0.5, 0.6) is 0 Å². The van der Waals surface area contributed by atoms with E-state index in [1.165, 1.54) is 5.56 Å². The Labute approximate surface area is 180 Å². The lowest BCUT2D eigenvalue weighted by atomic mass is 10.1. The van der Waals surface area contributed by atoms with E-state index < -0.39 is 0 Å². The lowest BCUT2D eigenvalue weighted by Gasteiger charge is -2.34. The molecule has 0 bridgehead atoms. The zero-order valence-electron chi connectivity index (χ0n) is 16.3. The molecule has 1 amide bonds. The van der Waals surface area contributed by atoms with Gasteiger partial charge in [0.25, 0.3) is 0 Å². The smallest absolute Gasteiger partial charge is 0.220 e. The van der Waals surface area contributed by atoms with E-state index >= 15 is 0 Å². The number of carbonyl (C=O) groups is 1. The number of fused-ring (bicyclic) bond motifs is 1. The molecule has 1 saturated heterocycles. The minimum atomic E-state index is 0.124. The van der Waals surface area contributed by atoms with Crippen LogP contribution in [0.15, 0.2) is 48.5 Å². The second kappa shape index (κ2) is 9.57. The number of piperazine rings is 1. The molecule has 0 aliphatic carbocycles. The lowest BCUT2D eigenvalue weighted by Crippen LogP contribution is -2.48. The van der Waals surface area contributed by atoms with Crippen molar-refractivity contribution in [3.8, 4) is 0 Å². The van der Waals surface area contributed by atoms with Crippen molar-refractivity contribution in [2.75, 3.05) is 44.2 Å². The van der Waals surface area contributed by atoms with Crippen LogP contribution in [0.25, 0.3) is 10.2 Å². The van der Waals surface area contributed by atoms with Crippen molar-refractivity contribution in [1.82, 2.24) is 15.2 Å². The number of nitrogens with zero attached hydrogens (tertiary/aromatic N) is 3. The first-order valence-corrected chi connectivity index (χ1v) is 11.2. The van der Waals surface area contributed by atoms with Crippen LogP contribution >= 0.6 is 22.9 Å². The van der Waals surface area contributed by atoms with Crippen LogP contribution < -0.4 is 10.2 Å². The molecule has 3 aromatic rings. The van der Waals surface area contributed by atoms with E-state index in [9.17, 15) is 4.79 Å². The number of rotatable bonds is 7. The molecule has 0 atom stereocenters. The highest BCUT2D eigenvalue weighted by atomic mass is 35.5. The topological polar surface area (TPSA) is 48.5 Å². The maximum absolute atomic E-state index is 12.1. The van der Waals surface area contributed by atoms with Crippen LogP contribution in [0.3, 0.4) is 0 Å². The lowest BCUT2D eigenvalue weighted by molar-refractivity contribution is -0.121. The van der Waals surface area contributed by atoms with Crippen molar-refractivity contribution < 1.29 is 4.79 Å². The first-order chi connectivity index (χ1) is 14.2. The fraction of sp³-hybridized carbons (Fsp3) is 0.364. The Hall–Kier alpha value is -2.15. The largest absolute Gasteiger partial charge is 0.355 e. The maximum Gasteiger partial charge on any atom is 0.220 e. The van der Waals surface area contributed by atoms with Gasteiger partial charge in [-0.1, -0.05) is 59.3 Å². The summed E-state index contributed by atoms with van der Waals surface area (Å²) < 4.78 is 1.13. The van der Waals surface area contributed by atoms with Gasteiger partial charge >= 0.3 is 0 Å². The highest BCUT2D eigenvalue weighted by molar-refractivity contribution is 7.22. The van der Waals surface area contributed by atoms with Crippen LogP contribution in [0.2, 0.25) is 5.02 Å². The molecule has 2 heterocycles. The van der Waals surface area contributed by atoms with Crippen molar-refractivity contribution in [3.05, 3.63) is 59.1 Å². The first-order valence-electron chi connectivity index (χ1n) is 10.0. The Morgan fingerprint density at radius 3 is 2.62 bits per heavy atom. The molecule has 1 aromatic heterocycles. The van der Waals surface area contributed by atoms with Gasteiger partial charge in [0, 0.05) is 45.7 Å². The van der Waals surface area contributed by atoms with Crippen molar-refractivity contribution in [2.45, 2.75) is 12.8 Å². The predicted octanol–water partition coefficient (Wildman–Crippen LogP) is 3.82. The Morgan fingerprint density at radius 2 is 1.86 bits per heavy atom. The molecule has 0 unspecified atom stereocenters. The SMILES string of the molecule is O=C(CCc1ccccc1)NCCN1CCN(c2nc3c(Cl)cccc3s2)CC1. The van der Waals surface area contributed by atoms with E-state index in [-0.39, 0.29) is 5.91 Å². The molecule has 2 aromatic carbocycles. The van der Waals surface area contributed by atoms with Gasteiger partial charge < -0.3 is 10.2 Å². The van der Waals surface area contributed by atoms with Gasteiger partial charge in [-0.3, -0.25) is 9.69 Å². The summed E-state index contributed by atoms with van der Waals surface area (Å²) in [6.07, 6.45) is 1.33. The number of hydrogen-bond acceptors (Lipinski definition) is 5. The third-order valence-corrected chi connectivity index (χ3v) is 6.62. The summed E-state index contributed by atoms with van der Waals surface area (Å²) in [5.41, 5.74) is 2.10. The molecule has 1 aliphatic rings. The number of aryl methyl sites for hydroxylation is 1. The second-order valence-corrected chi connectivity index (χ2v) is 8.66. The van der Waals surface area contributed by atoms with Gasteiger partial charge in [0.15, 0.2) is 5.13 Å². The van der Waals surface area contributed by atoms with Crippen LogP contribution in [0.4, 0.5) is 5.13 Å². The number of para-hydroxylation sites is 1. The van der Waals surface area contributed by atoms with Gasteiger partial charge in [-0.05, 0) is 24.1 Å². The Kier molecular flexibility index (Phi) is 6.64. The van der Waals surface area contributed by atoms with Crippen molar-refractivity contribution in [2.24, 2.45) is 0 Å². The minimum Gasteiger partial charge on any atom is -0.355 e. The number of halogens is 1. The molecule has 1 N–H and O–H groups in total. The number of benzene rings is 2. The molecule has 0 saturated carbocycles. The van der Waals surface area contributed by atoms with Crippen LogP contribution in [0.1, 0.15) is 12.0 Å². The molecule has 0 radical (unpaired) electrons. The predicted molar refractivity (Wildman–Crippen MR) is 121 cm³/mol. The quantitative estimate of drug-likeness (QED) is 0.621. The highest BCUT2D eigenvalue weighted by Crippen LogP contribution is 2.33. The van der Waals surface area contributed by atoms with E-state index in [2.05, 4.69) is 33.3 Å². The third kappa shape index (κ3) is 5.26. The summed E-state index contributed by atoms with van der Waals surface area (Å²) >= 11 is 7.95. The molecule has 1 aliphatic heterocycles. The number of amides is 1. The highest BCUT2D eigenvalue weighted by Gasteiger charge is 2.20. The first kappa shape index (κ1) is 20.1. The fourth-order valence-electron chi connectivity index (χ4n) is 3.55. The average molecular weight is 429 g/mol. The van der Waals surface area contributed by atoms with Crippen molar-refractivity contribution in [3.63, 3.8) is 0 Å². The summed E-state index contributed by atoms with van der Waals surface area (Å²) in [5, 5.41) is 4.81. The van der Waals surface area contributed by atoms with Gasteiger partial charge in [-0.25, -0.2) is 4.98 Å². The normalized spacial score (nSPS) is 15.0. The van der Waals surface area contributed by atoms with Crippen molar-refractivity contribution in [1.29, 1.82) is 0 Å². The molecule has 7 heteroatoms. The van der Waals surface area contributed by atoms with Crippen LogP contribution in [0, 0.1) is 0 Å². The number of aromatic nitrogens is 1. The van der Waals surface area contributed by atoms with E-state index in [1.54, 1.807) is 11.3 Å². The number of nitrogens with one attached hydrogen (secondary N) is 1. The van der Waals surface area contributed by atoms with Gasteiger partial charge in [0.2, 0.25) is 5.91 Å². The molecule has 5 nitrogen and oxygen atoms in total. The maximum atomic E-state index is 12.1. The zero-order valence-corrected chi connectivity index (χ0v) is 17.9. The molecule has 152 valence electrons. The third-order valence-electron chi connectivity index (χ3n) is 5.24. The Balaban J connectivity index is 1.18. The number of anilines is 1. The molecular weight excluding hydrogens is 404 g/mol. The van der Waals surface area contributed by atoms with Gasteiger partial charge in [0.1, 0.15) is 5.52 Å². The fourth-order valence-corrected chi connectivity index (χ4v) is 4.86. The second-order valence-electron chi connectivity index (χ2n) is 7.25.